The van der Waals surface area contributed by atoms with E-state index >= 15 is 0 Å². The van der Waals surface area contributed by atoms with E-state index in [1.807, 2.05) is 12.4 Å². The Hall–Kier alpha value is -0.890. The third-order valence-electron chi connectivity index (χ3n) is 4.33. The number of aryl methyl sites for hydroxylation is 1. The Balaban J connectivity index is 2.33. The number of pyridine rings is 1. The Labute approximate surface area is 111 Å². The van der Waals surface area contributed by atoms with E-state index in [0.717, 1.165) is 5.92 Å². The van der Waals surface area contributed by atoms with Gasteiger partial charge in [-0.1, -0.05) is 13.8 Å². The summed E-state index contributed by atoms with van der Waals surface area (Å²) < 4.78 is 0. The third-order valence-corrected chi connectivity index (χ3v) is 4.33. The lowest BCUT2D eigenvalue weighted by Crippen LogP contribution is -2.42. The molecule has 1 fully saturated rings. The lowest BCUT2D eigenvalue weighted by atomic mass is 9.67. The van der Waals surface area contributed by atoms with Crippen molar-refractivity contribution in [3.63, 3.8) is 0 Å². The fraction of sp³-hybridized carbons (Fsp3) is 0.688. The molecule has 1 saturated heterocycles. The van der Waals surface area contributed by atoms with Crippen molar-refractivity contribution in [3.8, 4) is 0 Å². The van der Waals surface area contributed by atoms with Crippen molar-refractivity contribution in [2.75, 3.05) is 20.1 Å². The number of aromatic nitrogens is 1. The van der Waals surface area contributed by atoms with E-state index in [1.165, 1.54) is 37.9 Å². The zero-order valence-electron chi connectivity index (χ0n) is 12.2. The first-order valence-corrected chi connectivity index (χ1v) is 7.13. The van der Waals surface area contributed by atoms with E-state index in [2.05, 4.69) is 43.8 Å². The maximum absolute atomic E-state index is 4.25. The van der Waals surface area contributed by atoms with Crippen LogP contribution in [-0.2, 0) is 5.41 Å². The van der Waals surface area contributed by atoms with Gasteiger partial charge >= 0.3 is 0 Å². The van der Waals surface area contributed by atoms with Gasteiger partial charge in [0, 0.05) is 12.4 Å². The van der Waals surface area contributed by atoms with E-state index in [9.17, 15) is 0 Å². The number of rotatable bonds is 3. The van der Waals surface area contributed by atoms with Crippen LogP contribution in [0.15, 0.2) is 18.5 Å². The minimum absolute atomic E-state index is 0.383. The van der Waals surface area contributed by atoms with Gasteiger partial charge in [0.05, 0.1) is 0 Å². The van der Waals surface area contributed by atoms with Gasteiger partial charge in [-0.2, -0.15) is 0 Å². The van der Waals surface area contributed by atoms with Gasteiger partial charge in [0.1, 0.15) is 0 Å². The van der Waals surface area contributed by atoms with Crippen LogP contribution in [0.1, 0.15) is 44.2 Å². The van der Waals surface area contributed by atoms with Crippen LogP contribution in [0.5, 0.6) is 0 Å². The predicted octanol–water partition coefficient (Wildman–Crippen LogP) is 3.40. The van der Waals surface area contributed by atoms with Gasteiger partial charge in [-0.25, -0.2) is 0 Å². The molecule has 0 atom stereocenters. The average molecular weight is 246 g/mol. The zero-order valence-corrected chi connectivity index (χ0v) is 12.2. The Bertz CT molecular complexity index is 390. The van der Waals surface area contributed by atoms with Gasteiger partial charge in [-0.15, -0.1) is 0 Å². The summed E-state index contributed by atoms with van der Waals surface area (Å²) in [6.07, 6.45) is 7.85. The molecule has 0 aromatic carbocycles. The van der Waals surface area contributed by atoms with Crippen LogP contribution in [0.2, 0.25) is 0 Å². The first-order valence-electron chi connectivity index (χ1n) is 7.13. The number of likely N-dealkylation sites (tertiary alicyclic amines) is 1. The molecule has 0 saturated carbocycles. The van der Waals surface area contributed by atoms with Crippen molar-refractivity contribution in [1.29, 1.82) is 0 Å². The standard InChI is InChI=1S/C16H26N2/c1-13(2)11-16(6-9-18(4)10-7-16)15-5-8-17-12-14(15)3/h5,8,12-13H,6-7,9-11H2,1-4H3. The van der Waals surface area contributed by atoms with Gasteiger partial charge in [0.25, 0.3) is 0 Å². The molecule has 100 valence electrons. The lowest BCUT2D eigenvalue weighted by molar-refractivity contribution is 0.164. The van der Waals surface area contributed by atoms with Crippen LogP contribution in [0.25, 0.3) is 0 Å². The molecule has 1 aliphatic heterocycles. The molecule has 0 bridgehead atoms. The highest BCUT2D eigenvalue weighted by molar-refractivity contribution is 5.31. The Morgan fingerprint density at radius 3 is 2.56 bits per heavy atom. The van der Waals surface area contributed by atoms with Gasteiger partial charge in [-0.3, -0.25) is 4.98 Å². The molecule has 2 heteroatoms. The van der Waals surface area contributed by atoms with Gasteiger partial charge < -0.3 is 4.90 Å². The van der Waals surface area contributed by atoms with Crippen LogP contribution >= 0.6 is 0 Å². The first kappa shape index (κ1) is 13.5. The van der Waals surface area contributed by atoms with Crippen LogP contribution in [0.3, 0.4) is 0 Å². The topological polar surface area (TPSA) is 16.1 Å². The Morgan fingerprint density at radius 2 is 2.00 bits per heavy atom. The van der Waals surface area contributed by atoms with Crippen LogP contribution in [-0.4, -0.2) is 30.0 Å². The molecule has 0 spiro atoms. The summed E-state index contributed by atoms with van der Waals surface area (Å²) in [6.45, 7) is 9.33. The second-order valence-corrected chi connectivity index (χ2v) is 6.37. The maximum Gasteiger partial charge on any atom is 0.0299 e. The van der Waals surface area contributed by atoms with Gasteiger partial charge in [0.15, 0.2) is 0 Å². The van der Waals surface area contributed by atoms with Gasteiger partial charge in [-0.05, 0) is 74.8 Å². The lowest BCUT2D eigenvalue weighted by Gasteiger charge is -2.43. The molecular weight excluding hydrogens is 220 g/mol. The molecule has 1 aromatic heterocycles. The molecule has 2 heterocycles. The normalized spacial score (nSPS) is 20.3. The SMILES string of the molecule is Cc1cnccc1C1(CC(C)C)CCN(C)CC1. The minimum atomic E-state index is 0.383. The largest absolute Gasteiger partial charge is 0.306 e. The van der Waals surface area contributed by atoms with E-state index in [0.29, 0.717) is 5.41 Å². The van der Waals surface area contributed by atoms with E-state index in [4.69, 9.17) is 0 Å². The predicted molar refractivity (Wildman–Crippen MR) is 76.8 cm³/mol. The molecule has 18 heavy (non-hydrogen) atoms. The Kier molecular flexibility index (Phi) is 4.06. The molecule has 2 nitrogen and oxygen atoms in total. The highest BCUT2D eigenvalue weighted by Gasteiger charge is 2.36. The van der Waals surface area contributed by atoms with Gasteiger partial charge in [0.2, 0.25) is 0 Å². The van der Waals surface area contributed by atoms with Crippen molar-refractivity contribution in [2.24, 2.45) is 5.92 Å². The number of piperidine rings is 1. The quantitative estimate of drug-likeness (QED) is 0.812. The first-order chi connectivity index (χ1) is 8.53. The second-order valence-electron chi connectivity index (χ2n) is 6.37. The summed E-state index contributed by atoms with van der Waals surface area (Å²) in [7, 11) is 2.23. The molecule has 0 N–H and O–H groups in total. The molecule has 0 aliphatic carbocycles. The molecule has 1 aliphatic rings. The third kappa shape index (κ3) is 2.74. The van der Waals surface area contributed by atoms with Crippen molar-refractivity contribution in [3.05, 3.63) is 29.6 Å². The summed E-state index contributed by atoms with van der Waals surface area (Å²) in [5.74, 6) is 0.751. The zero-order chi connectivity index (χ0) is 13.2. The number of nitrogens with zero attached hydrogens (tertiary/aromatic N) is 2. The fourth-order valence-electron chi connectivity index (χ4n) is 3.48. The molecular formula is C16H26N2. The highest BCUT2D eigenvalue weighted by atomic mass is 15.1. The van der Waals surface area contributed by atoms with Crippen molar-refractivity contribution < 1.29 is 0 Å². The summed E-state index contributed by atoms with van der Waals surface area (Å²) in [5.41, 5.74) is 3.29. The second kappa shape index (κ2) is 5.40. The molecule has 0 amide bonds. The Morgan fingerprint density at radius 1 is 1.33 bits per heavy atom. The average Bonchev–Trinajstić information content (AvgIpc) is 2.32. The summed E-state index contributed by atoms with van der Waals surface area (Å²) in [6, 6.07) is 2.25. The summed E-state index contributed by atoms with van der Waals surface area (Å²) >= 11 is 0. The monoisotopic (exact) mass is 246 g/mol. The minimum Gasteiger partial charge on any atom is -0.306 e. The highest BCUT2D eigenvalue weighted by Crippen LogP contribution is 2.41. The summed E-state index contributed by atoms with van der Waals surface area (Å²) in [5, 5.41) is 0. The van der Waals surface area contributed by atoms with Crippen LogP contribution < -0.4 is 0 Å². The summed E-state index contributed by atoms with van der Waals surface area (Å²) in [4.78, 5) is 6.71. The smallest absolute Gasteiger partial charge is 0.0299 e. The van der Waals surface area contributed by atoms with Crippen molar-refractivity contribution in [1.82, 2.24) is 9.88 Å². The number of hydrogen-bond donors (Lipinski definition) is 0. The number of hydrogen-bond acceptors (Lipinski definition) is 2. The molecule has 2 rings (SSSR count). The molecule has 0 unspecified atom stereocenters. The van der Waals surface area contributed by atoms with E-state index in [1.54, 1.807) is 5.56 Å². The van der Waals surface area contributed by atoms with E-state index < -0.39 is 0 Å². The fourth-order valence-corrected chi connectivity index (χ4v) is 3.48. The molecule has 1 aromatic rings. The molecule has 0 radical (unpaired) electrons. The van der Waals surface area contributed by atoms with Crippen LogP contribution in [0, 0.1) is 12.8 Å². The van der Waals surface area contributed by atoms with Crippen molar-refractivity contribution >= 4 is 0 Å². The van der Waals surface area contributed by atoms with Crippen molar-refractivity contribution in [2.45, 2.75) is 45.4 Å². The van der Waals surface area contributed by atoms with E-state index in [-0.39, 0.29) is 0 Å². The maximum atomic E-state index is 4.25. The van der Waals surface area contributed by atoms with Crippen LogP contribution in [0.4, 0.5) is 0 Å².